The average Bonchev–Trinajstić information content (AvgIpc) is 3.45. The van der Waals surface area contributed by atoms with Gasteiger partial charge in [-0.25, -0.2) is 9.99 Å². The van der Waals surface area contributed by atoms with Crippen molar-refractivity contribution in [2.45, 2.75) is 0 Å². The third-order valence-corrected chi connectivity index (χ3v) is 5.88. The largest absolute Gasteiger partial charge is 0.454 e. The summed E-state index contributed by atoms with van der Waals surface area (Å²) in [5, 5.41) is 9.41. The Balaban J connectivity index is 1.48. The van der Waals surface area contributed by atoms with E-state index in [1.54, 1.807) is 17.6 Å². The SMILES string of the molecule is Brc1ccc(-c2csc(N(/N=C/c3ccc4c(c3)OCO4)c3ccccc3)n2)cc1. The highest BCUT2D eigenvalue weighted by Gasteiger charge is 2.15. The fraction of sp³-hybridized carbons (Fsp3) is 0.0435. The monoisotopic (exact) mass is 477 g/mol. The van der Waals surface area contributed by atoms with E-state index in [1.165, 1.54) is 0 Å². The molecule has 5 nitrogen and oxygen atoms in total. The first-order valence-corrected chi connectivity index (χ1v) is 10.9. The molecule has 0 spiro atoms. The van der Waals surface area contributed by atoms with Crippen molar-refractivity contribution in [3.63, 3.8) is 0 Å². The molecule has 0 atom stereocenters. The van der Waals surface area contributed by atoms with Gasteiger partial charge >= 0.3 is 0 Å². The number of para-hydroxylation sites is 1. The Morgan fingerprint density at radius 1 is 0.967 bits per heavy atom. The normalized spacial score (nSPS) is 12.4. The third kappa shape index (κ3) is 3.94. The zero-order chi connectivity index (χ0) is 20.3. The summed E-state index contributed by atoms with van der Waals surface area (Å²) in [7, 11) is 0. The molecule has 5 rings (SSSR count). The number of hydrazone groups is 1. The number of benzene rings is 3. The summed E-state index contributed by atoms with van der Waals surface area (Å²) in [6.45, 7) is 0.254. The Kier molecular flexibility index (Phi) is 5.21. The van der Waals surface area contributed by atoms with E-state index in [0.29, 0.717) is 0 Å². The van der Waals surface area contributed by atoms with Gasteiger partial charge < -0.3 is 9.47 Å². The van der Waals surface area contributed by atoms with Gasteiger partial charge in [0.25, 0.3) is 0 Å². The van der Waals surface area contributed by atoms with Gasteiger partial charge in [0.1, 0.15) is 0 Å². The van der Waals surface area contributed by atoms with Crippen molar-refractivity contribution >= 4 is 44.3 Å². The molecule has 0 aliphatic carbocycles. The number of ether oxygens (including phenoxy) is 2. The maximum atomic E-state index is 5.46. The van der Waals surface area contributed by atoms with Crippen LogP contribution in [0.3, 0.4) is 0 Å². The summed E-state index contributed by atoms with van der Waals surface area (Å²) in [6.07, 6.45) is 1.80. The van der Waals surface area contributed by atoms with Crippen molar-refractivity contribution in [3.8, 4) is 22.8 Å². The summed E-state index contributed by atoms with van der Waals surface area (Å²) in [5.41, 5.74) is 3.84. The van der Waals surface area contributed by atoms with Crippen LogP contribution in [0.4, 0.5) is 10.8 Å². The number of halogens is 1. The lowest BCUT2D eigenvalue weighted by atomic mass is 10.2. The van der Waals surface area contributed by atoms with Crippen LogP contribution < -0.4 is 14.5 Å². The van der Waals surface area contributed by atoms with E-state index < -0.39 is 0 Å². The Morgan fingerprint density at radius 3 is 2.60 bits per heavy atom. The summed E-state index contributed by atoms with van der Waals surface area (Å²) in [4.78, 5) is 4.83. The van der Waals surface area contributed by atoms with Gasteiger partial charge in [-0.05, 0) is 48.0 Å². The summed E-state index contributed by atoms with van der Waals surface area (Å²) in [6, 6.07) is 23.9. The molecule has 0 bridgehead atoms. The Labute approximate surface area is 186 Å². The first-order chi connectivity index (χ1) is 14.8. The number of thiazole rings is 1. The van der Waals surface area contributed by atoms with Crippen LogP contribution in [0.5, 0.6) is 11.5 Å². The Morgan fingerprint density at radius 2 is 1.77 bits per heavy atom. The number of aromatic nitrogens is 1. The van der Waals surface area contributed by atoms with Crippen LogP contribution in [0.25, 0.3) is 11.3 Å². The highest BCUT2D eigenvalue weighted by Crippen LogP contribution is 2.34. The average molecular weight is 478 g/mol. The maximum Gasteiger partial charge on any atom is 0.231 e. The minimum Gasteiger partial charge on any atom is -0.454 e. The van der Waals surface area contributed by atoms with Crippen LogP contribution in [0.2, 0.25) is 0 Å². The molecule has 4 aromatic rings. The van der Waals surface area contributed by atoms with Crippen molar-refractivity contribution in [2.24, 2.45) is 5.10 Å². The lowest BCUT2D eigenvalue weighted by molar-refractivity contribution is 0.174. The number of anilines is 2. The number of nitrogens with zero attached hydrogens (tertiary/aromatic N) is 3. The van der Waals surface area contributed by atoms with Crippen LogP contribution in [-0.4, -0.2) is 18.0 Å². The molecule has 0 radical (unpaired) electrons. The van der Waals surface area contributed by atoms with Gasteiger partial charge in [-0.1, -0.05) is 46.3 Å². The van der Waals surface area contributed by atoms with E-state index in [-0.39, 0.29) is 6.79 Å². The molecule has 1 aliphatic rings. The van der Waals surface area contributed by atoms with Gasteiger partial charge in [0.15, 0.2) is 11.5 Å². The number of rotatable bonds is 5. The topological polar surface area (TPSA) is 47.0 Å². The second-order valence-corrected chi connectivity index (χ2v) is 8.28. The smallest absolute Gasteiger partial charge is 0.231 e. The van der Waals surface area contributed by atoms with Crippen LogP contribution in [0.15, 0.2) is 87.8 Å². The lowest BCUT2D eigenvalue weighted by Gasteiger charge is -2.15. The number of hydrogen-bond acceptors (Lipinski definition) is 6. The van der Waals surface area contributed by atoms with Crippen LogP contribution >= 0.6 is 27.3 Å². The number of fused-ring (bicyclic) bond motifs is 1. The van der Waals surface area contributed by atoms with E-state index in [2.05, 4.69) is 15.9 Å². The van der Waals surface area contributed by atoms with Gasteiger partial charge in [-0.2, -0.15) is 5.10 Å². The standard InChI is InChI=1S/C23H16BrN3O2S/c24-18-9-7-17(8-10-18)20-14-30-23(26-20)27(19-4-2-1-3-5-19)25-13-16-6-11-21-22(12-16)29-15-28-21/h1-14H,15H2/b25-13+. The van der Waals surface area contributed by atoms with E-state index in [1.807, 2.05) is 83.2 Å². The van der Waals surface area contributed by atoms with E-state index in [4.69, 9.17) is 19.6 Å². The van der Waals surface area contributed by atoms with Crippen LogP contribution in [-0.2, 0) is 0 Å². The molecule has 7 heteroatoms. The molecule has 30 heavy (non-hydrogen) atoms. The van der Waals surface area contributed by atoms with Crippen LogP contribution in [0.1, 0.15) is 5.56 Å². The predicted octanol–water partition coefficient (Wildman–Crippen LogP) is 6.47. The Hall–Kier alpha value is -3.16. The summed E-state index contributed by atoms with van der Waals surface area (Å²) in [5.74, 6) is 1.49. The highest BCUT2D eigenvalue weighted by molar-refractivity contribution is 9.10. The zero-order valence-corrected chi connectivity index (χ0v) is 18.1. The fourth-order valence-corrected chi connectivity index (χ4v) is 4.10. The molecule has 0 saturated heterocycles. The quantitative estimate of drug-likeness (QED) is 0.244. The van der Waals surface area contributed by atoms with Crippen molar-refractivity contribution in [3.05, 3.63) is 88.2 Å². The molecule has 3 aromatic carbocycles. The van der Waals surface area contributed by atoms with Gasteiger partial charge in [-0.3, -0.25) is 0 Å². The molecule has 0 N–H and O–H groups in total. The molecule has 0 unspecified atom stereocenters. The minimum atomic E-state index is 0.254. The lowest BCUT2D eigenvalue weighted by Crippen LogP contribution is -2.09. The van der Waals surface area contributed by atoms with E-state index in [0.717, 1.165) is 43.6 Å². The van der Waals surface area contributed by atoms with Gasteiger partial charge in [-0.15, -0.1) is 11.3 Å². The predicted molar refractivity (Wildman–Crippen MR) is 124 cm³/mol. The molecular formula is C23H16BrN3O2S. The van der Waals surface area contributed by atoms with Crippen molar-refractivity contribution < 1.29 is 9.47 Å². The van der Waals surface area contributed by atoms with Crippen molar-refractivity contribution in [1.82, 2.24) is 4.98 Å². The van der Waals surface area contributed by atoms with Crippen molar-refractivity contribution in [2.75, 3.05) is 11.8 Å². The molecule has 0 amide bonds. The molecule has 2 heterocycles. The molecule has 148 valence electrons. The third-order valence-electron chi connectivity index (χ3n) is 4.53. The first kappa shape index (κ1) is 18.8. The second kappa shape index (κ2) is 8.30. The van der Waals surface area contributed by atoms with E-state index in [9.17, 15) is 0 Å². The highest BCUT2D eigenvalue weighted by atomic mass is 79.9. The molecule has 0 fully saturated rings. The van der Waals surface area contributed by atoms with Crippen molar-refractivity contribution in [1.29, 1.82) is 0 Å². The maximum absolute atomic E-state index is 5.46. The van der Waals surface area contributed by atoms with Gasteiger partial charge in [0.2, 0.25) is 11.9 Å². The molecule has 0 saturated carbocycles. The van der Waals surface area contributed by atoms with Crippen LogP contribution in [0, 0.1) is 0 Å². The molecule has 1 aliphatic heterocycles. The number of hydrogen-bond donors (Lipinski definition) is 0. The summed E-state index contributed by atoms with van der Waals surface area (Å²) >= 11 is 5.03. The summed E-state index contributed by atoms with van der Waals surface area (Å²) < 4.78 is 11.9. The minimum absolute atomic E-state index is 0.254. The van der Waals surface area contributed by atoms with E-state index >= 15 is 0 Å². The molecule has 1 aromatic heterocycles. The molecular weight excluding hydrogens is 462 g/mol. The fourth-order valence-electron chi connectivity index (χ4n) is 3.03. The zero-order valence-electron chi connectivity index (χ0n) is 15.7. The second-order valence-electron chi connectivity index (χ2n) is 6.53. The van der Waals surface area contributed by atoms with Gasteiger partial charge in [0.05, 0.1) is 17.6 Å². The van der Waals surface area contributed by atoms with Gasteiger partial charge in [0, 0.05) is 15.4 Å². The Bertz CT molecular complexity index is 1190. The first-order valence-electron chi connectivity index (χ1n) is 9.26.